The van der Waals surface area contributed by atoms with Crippen LogP contribution in [-0.2, 0) is 66.7 Å². The monoisotopic (exact) mass is 1890 g/mol. The summed E-state index contributed by atoms with van der Waals surface area (Å²) < 4.78 is 68.5. The van der Waals surface area contributed by atoms with Crippen molar-refractivity contribution in [2.24, 2.45) is 0 Å². The number of phenols is 25. The van der Waals surface area contributed by atoms with E-state index in [-0.39, 0.29) is 30.3 Å². The standard InChI is InChI=1S/C82H58O53/c83-28-1-18(2-29(84)50(28)98)49(97)66-69(129-73(112)21-7-34(89)53(101)35(90)8-21)67(128-72(111)20-5-32(87)52(100)33(88)6-20)63(42(125-66)16-122-71(110)19-3-30(85)51(99)31(86)4-19)127-78(117)27-13-39(94)56(104)61(109)62(27)124-41-14-25-46(60(108)58(41)106)45-23(11-38(93)55(103)59(45)107)76(115)130-68-64-43(17-123-75(25)114)126-80(132-74(113)22-9-36(91)54(102)37(92)10-22)70(68)131-77(116)24-12-40(95)57(105)65-47(24)48-26(79(118)135-134-64)15-44(96)82(121,133-65)81(48,119)120/h1-15,42-43,48,63-64,66-70,80,83-95,98-109,119-121H,16-17H2. The van der Waals surface area contributed by atoms with Crippen LogP contribution < -0.4 is 9.47 Å². The number of aliphatic hydroxyl groups is 3. The minimum absolute atomic E-state index is 0.0606. The summed E-state index contributed by atoms with van der Waals surface area (Å²) in [5, 5.41) is 307. The molecule has 12 unspecified atom stereocenters. The Balaban J connectivity index is 0.875. The molecule has 0 spiro atoms. The van der Waals surface area contributed by atoms with Crippen LogP contribution in [0.5, 0.6) is 161 Å². The van der Waals surface area contributed by atoms with E-state index in [1.807, 2.05) is 0 Å². The molecule has 135 heavy (non-hydrogen) atoms. The van der Waals surface area contributed by atoms with E-state index < -0.39 is 391 Å². The molecule has 2 saturated heterocycles. The Morgan fingerprint density at radius 3 is 1.33 bits per heavy atom. The predicted octanol–water partition coefficient (Wildman–Crippen LogP) is 0.985. The van der Waals surface area contributed by atoms with Gasteiger partial charge in [-0.05, 0) is 78.9 Å². The Bertz CT molecular complexity index is 6630. The van der Waals surface area contributed by atoms with Gasteiger partial charge in [0.15, 0.2) is 175 Å². The van der Waals surface area contributed by atoms with Crippen molar-refractivity contribution in [1.29, 1.82) is 0 Å². The molecule has 0 amide bonds. The maximum atomic E-state index is 15.7. The van der Waals surface area contributed by atoms with Gasteiger partial charge in [-0.2, -0.15) is 4.89 Å². The molecule has 28 N–H and O–H groups in total. The summed E-state index contributed by atoms with van der Waals surface area (Å²) in [5.74, 6) is -74.7. The molecular formula is C82H58O53. The SMILES string of the molecule is O=C1OOC2C3COC(=O)c4cc(Oc5c(C(=O)OC6C(COC(=O)c7cc(O)c(O)c(O)c7)OC(C(=O)c7cc(O)c(O)c(O)c7)C(OC(=O)c7cc(O)c(O)c(O)c7)C6OC(=O)c6cc(O)c(O)c(O)c6)cc(O)c(O)c5O)c(O)c(O)c4-c4c(cc(O)c(O)c4O)C(=O)OC2C(OC(=O)c2cc(O)c(O)c4c2C2C1=CC(=O)C(O)(O4)C2(O)O)C(OC(=O)c1cc(O)c(O)c(O)c1)O3. The first-order chi connectivity index (χ1) is 63.4. The van der Waals surface area contributed by atoms with Gasteiger partial charge in [0.1, 0.15) is 31.0 Å². The van der Waals surface area contributed by atoms with Crippen molar-refractivity contribution in [2.75, 3.05) is 13.2 Å². The molecule has 53 nitrogen and oxygen atoms in total. The third kappa shape index (κ3) is 15.5. The van der Waals surface area contributed by atoms with Crippen molar-refractivity contribution >= 4 is 65.3 Å². The molecule has 15 rings (SSSR count). The number of ketones is 2. The van der Waals surface area contributed by atoms with Gasteiger partial charge in [0.25, 0.3) is 5.79 Å². The van der Waals surface area contributed by atoms with Gasteiger partial charge >= 0.3 is 59.5 Å². The van der Waals surface area contributed by atoms with Gasteiger partial charge < -0.3 is 200 Å². The lowest BCUT2D eigenvalue weighted by molar-refractivity contribution is -0.371. The number of fused-ring (bicyclic) bond motifs is 4. The minimum Gasteiger partial charge on any atom is -0.504 e. The van der Waals surface area contributed by atoms with Gasteiger partial charge in [-0.1, -0.05) is 0 Å². The number of esters is 8. The first-order valence-electron chi connectivity index (χ1n) is 37.5. The molecule has 9 aromatic rings. The zero-order valence-electron chi connectivity index (χ0n) is 66.2. The van der Waals surface area contributed by atoms with Crippen molar-refractivity contribution < 1.29 is 262 Å². The highest BCUT2D eigenvalue weighted by Gasteiger charge is 2.70. The van der Waals surface area contributed by atoms with E-state index in [2.05, 4.69) is 0 Å². The summed E-state index contributed by atoms with van der Waals surface area (Å²) in [7, 11) is 0. The molecule has 1 aliphatic carbocycles. The van der Waals surface area contributed by atoms with Gasteiger partial charge in [-0.3, -0.25) is 14.5 Å². The summed E-state index contributed by atoms with van der Waals surface area (Å²) in [5.41, 5.74) is -16.8. The first kappa shape index (κ1) is 91.4. The fraction of sp³-hybridized carbons (Fsp3) is 0.183. The van der Waals surface area contributed by atoms with Gasteiger partial charge in [0, 0.05) is 34.4 Å². The van der Waals surface area contributed by atoms with E-state index in [0.29, 0.717) is 60.7 Å². The van der Waals surface area contributed by atoms with E-state index >= 15 is 24.0 Å². The number of Topliss-reactive ketones (excluding diaryl/α,β-unsaturated/α-hetero) is 1. The molecule has 704 valence electrons. The molecule has 2 fully saturated rings. The average molecular weight is 1890 g/mol. The number of hydrogen-bond donors (Lipinski definition) is 28. The van der Waals surface area contributed by atoms with Crippen LogP contribution in [0.1, 0.15) is 105 Å². The number of hydrogen-bond acceptors (Lipinski definition) is 53. The van der Waals surface area contributed by atoms with Crippen LogP contribution in [0, 0.1) is 0 Å². The Morgan fingerprint density at radius 1 is 0.385 bits per heavy atom. The summed E-state index contributed by atoms with van der Waals surface area (Å²) in [6.45, 7) is -3.36. The highest BCUT2D eigenvalue weighted by atomic mass is 17.2. The van der Waals surface area contributed by atoms with Gasteiger partial charge in [-0.25, -0.2) is 43.2 Å². The highest BCUT2D eigenvalue weighted by Crippen LogP contribution is 2.61. The smallest absolute Gasteiger partial charge is 0.370 e. The van der Waals surface area contributed by atoms with E-state index in [0.717, 1.165) is 0 Å². The van der Waals surface area contributed by atoms with E-state index in [9.17, 15) is 172 Å². The van der Waals surface area contributed by atoms with E-state index in [1.54, 1.807) is 0 Å². The van der Waals surface area contributed by atoms with Crippen LogP contribution in [0.4, 0.5) is 0 Å². The summed E-state index contributed by atoms with van der Waals surface area (Å²) in [4.78, 5) is 174. The molecule has 9 aromatic carbocycles. The van der Waals surface area contributed by atoms with Crippen molar-refractivity contribution in [1.82, 2.24) is 0 Å². The molecule has 0 aromatic heterocycles. The Morgan fingerprint density at radius 2 is 0.807 bits per heavy atom. The Hall–Kier alpha value is -18.3. The zero-order chi connectivity index (χ0) is 98.3. The minimum atomic E-state index is -4.19. The number of aromatic hydroxyl groups is 25. The van der Waals surface area contributed by atoms with Crippen molar-refractivity contribution in [3.8, 4) is 172 Å². The molecular weight excluding hydrogens is 1830 g/mol. The lowest BCUT2D eigenvalue weighted by Crippen LogP contribution is -2.70. The molecule has 0 radical (unpaired) electrons. The van der Waals surface area contributed by atoms with Crippen LogP contribution >= 0.6 is 0 Å². The van der Waals surface area contributed by atoms with Crippen molar-refractivity contribution in [2.45, 2.75) is 78.7 Å². The second-order valence-electron chi connectivity index (χ2n) is 29.7. The number of benzene rings is 9. The van der Waals surface area contributed by atoms with Crippen LogP contribution in [-0.4, -0.2) is 294 Å². The fourth-order valence-electron chi connectivity index (χ4n) is 14.8. The maximum absolute atomic E-state index is 15.7. The molecule has 12 atom stereocenters. The normalized spacial score (nSPS) is 22.0. The van der Waals surface area contributed by atoms with E-state index in [4.69, 9.17) is 66.6 Å². The van der Waals surface area contributed by atoms with Gasteiger partial charge in [0.05, 0.1) is 50.4 Å². The third-order valence-corrected chi connectivity index (χ3v) is 21.4. The van der Waals surface area contributed by atoms with Gasteiger partial charge in [-0.15, -0.1) is 0 Å². The second kappa shape index (κ2) is 33.3. The van der Waals surface area contributed by atoms with Crippen LogP contribution in [0.25, 0.3) is 11.1 Å². The third-order valence-electron chi connectivity index (χ3n) is 21.4. The first-order valence-corrected chi connectivity index (χ1v) is 37.5. The molecule has 0 saturated carbocycles. The second-order valence-corrected chi connectivity index (χ2v) is 29.7. The number of carbonyl (C=O) groups is 11. The lowest BCUT2D eigenvalue weighted by atomic mass is 9.70. The molecule has 6 aliphatic rings. The number of ether oxygens (including phenoxy) is 12. The maximum Gasteiger partial charge on any atom is 0.370 e. The van der Waals surface area contributed by atoms with Crippen LogP contribution in [0.2, 0.25) is 0 Å². The molecule has 5 heterocycles. The molecule has 6 bridgehead atoms. The number of rotatable bonds is 15. The molecule has 5 aliphatic heterocycles. The quantitative estimate of drug-likeness (QED) is 0.0170. The predicted molar refractivity (Wildman–Crippen MR) is 412 cm³/mol. The Kier molecular flexibility index (Phi) is 22.5. The largest absolute Gasteiger partial charge is 0.504 e. The van der Waals surface area contributed by atoms with Crippen molar-refractivity contribution in [3.05, 3.63) is 152 Å². The number of cyclic esters (lactones) is 1. The Labute approximate surface area is 741 Å². The zero-order valence-corrected chi connectivity index (χ0v) is 66.2. The lowest BCUT2D eigenvalue weighted by Gasteiger charge is -2.49. The fourth-order valence-corrected chi connectivity index (χ4v) is 14.8. The van der Waals surface area contributed by atoms with Gasteiger partial charge in [0.2, 0.25) is 46.9 Å². The average Bonchev–Trinajstić information content (AvgIpc) is 0.687. The highest BCUT2D eigenvalue weighted by molar-refractivity contribution is 6.11. The molecule has 53 heteroatoms. The van der Waals surface area contributed by atoms with E-state index in [1.165, 1.54) is 0 Å². The topological polar surface area (TPSA) is 883 Å². The summed E-state index contributed by atoms with van der Waals surface area (Å²) in [6, 6.07) is 4.57. The van der Waals surface area contributed by atoms with Crippen LogP contribution in [0.3, 0.4) is 0 Å². The van der Waals surface area contributed by atoms with Crippen molar-refractivity contribution in [3.63, 3.8) is 0 Å². The van der Waals surface area contributed by atoms with Crippen LogP contribution in [0.15, 0.2) is 96.6 Å². The number of phenolic OH excluding ortho intramolecular Hbond substituents is 25. The summed E-state index contributed by atoms with van der Waals surface area (Å²) >= 11 is 0. The summed E-state index contributed by atoms with van der Waals surface area (Å²) in [6.07, 6.45) is -28.6. The number of carbonyl (C=O) groups excluding carboxylic acids is 11.